The van der Waals surface area contributed by atoms with E-state index < -0.39 is 0 Å². The zero-order valence-electron chi connectivity index (χ0n) is 11.4. The van der Waals surface area contributed by atoms with Gasteiger partial charge in [0.1, 0.15) is 11.6 Å². The fraction of sp³-hybridized carbons (Fsp3) is 0.333. The average Bonchev–Trinajstić information content (AvgIpc) is 2.38. The summed E-state index contributed by atoms with van der Waals surface area (Å²) in [5, 5.41) is 0. The molecule has 0 aliphatic heterocycles. The minimum absolute atomic E-state index is 0.121. The second-order valence-corrected chi connectivity index (χ2v) is 4.62. The molecule has 2 aromatic rings. The molecule has 0 bridgehead atoms. The molecule has 1 aromatic heterocycles. The highest BCUT2D eigenvalue weighted by molar-refractivity contribution is 5.59. The third-order valence-electron chi connectivity index (χ3n) is 2.65. The molecule has 0 saturated carbocycles. The smallest absolute Gasteiger partial charge is 0.251 e. The molecule has 19 heavy (non-hydrogen) atoms. The number of H-pyrrole nitrogens is 1. The number of ether oxygens (including phenoxy) is 1. The monoisotopic (exact) mass is 258 g/mol. The lowest BCUT2D eigenvalue weighted by molar-refractivity contribution is 0.242. The second kappa shape index (κ2) is 5.69. The fourth-order valence-corrected chi connectivity index (χ4v) is 1.80. The first-order valence-corrected chi connectivity index (χ1v) is 6.46. The van der Waals surface area contributed by atoms with Crippen LogP contribution in [-0.4, -0.2) is 16.1 Å². The zero-order chi connectivity index (χ0) is 13.8. The lowest BCUT2D eigenvalue weighted by Crippen LogP contribution is -2.10. The van der Waals surface area contributed by atoms with E-state index in [1.165, 1.54) is 6.07 Å². The van der Waals surface area contributed by atoms with Crippen molar-refractivity contribution < 1.29 is 4.74 Å². The Morgan fingerprint density at radius 2 is 1.95 bits per heavy atom. The molecule has 1 aromatic carbocycles. The van der Waals surface area contributed by atoms with Crippen LogP contribution < -0.4 is 10.3 Å². The van der Waals surface area contributed by atoms with Gasteiger partial charge in [-0.05, 0) is 38.1 Å². The van der Waals surface area contributed by atoms with Crippen molar-refractivity contribution in [3.8, 4) is 17.0 Å². The quantitative estimate of drug-likeness (QED) is 0.917. The second-order valence-electron chi connectivity index (χ2n) is 4.62. The van der Waals surface area contributed by atoms with Gasteiger partial charge in [0.2, 0.25) is 0 Å². The van der Waals surface area contributed by atoms with Crippen LogP contribution in [0.4, 0.5) is 0 Å². The van der Waals surface area contributed by atoms with Crippen LogP contribution in [0.3, 0.4) is 0 Å². The van der Waals surface area contributed by atoms with E-state index in [0.29, 0.717) is 17.9 Å². The highest BCUT2D eigenvalue weighted by atomic mass is 16.5. The summed E-state index contributed by atoms with van der Waals surface area (Å²) in [5.41, 5.74) is 1.48. The van der Waals surface area contributed by atoms with Crippen LogP contribution in [0.5, 0.6) is 5.75 Å². The van der Waals surface area contributed by atoms with Gasteiger partial charge in [0.05, 0.1) is 11.8 Å². The first-order valence-electron chi connectivity index (χ1n) is 6.46. The van der Waals surface area contributed by atoms with Gasteiger partial charge in [-0.3, -0.25) is 4.79 Å². The first kappa shape index (κ1) is 13.3. The normalized spacial score (nSPS) is 10.7. The summed E-state index contributed by atoms with van der Waals surface area (Å²) in [6.45, 7) is 5.93. The van der Waals surface area contributed by atoms with Crippen molar-refractivity contribution in [3.63, 3.8) is 0 Å². The summed E-state index contributed by atoms with van der Waals surface area (Å²) in [4.78, 5) is 18.7. The van der Waals surface area contributed by atoms with E-state index >= 15 is 0 Å². The van der Waals surface area contributed by atoms with Gasteiger partial charge >= 0.3 is 0 Å². The van der Waals surface area contributed by atoms with Crippen molar-refractivity contribution in [2.24, 2.45) is 0 Å². The molecule has 4 heteroatoms. The van der Waals surface area contributed by atoms with Crippen LogP contribution in [0.2, 0.25) is 0 Å². The Kier molecular flexibility index (Phi) is 4.00. The first-order chi connectivity index (χ1) is 9.08. The molecule has 1 N–H and O–H groups in total. The highest BCUT2D eigenvalue weighted by Crippen LogP contribution is 2.20. The third-order valence-corrected chi connectivity index (χ3v) is 2.65. The van der Waals surface area contributed by atoms with Crippen molar-refractivity contribution in [1.29, 1.82) is 0 Å². The Morgan fingerprint density at radius 1 is 1.26 bits per heavy atom. The molecular formula is C15H18N2O2. The molecule has 0 fully saturated rings. The molecule has 100 valence electrons. The minimum atomic E-state index is -0.121. The summed E-state index contributed by atoms with van der Waals surface area (Å²) >= 11 is 0. The molecule has 0 spiro atoms. The average molecular weight is 258 g/mol. The van der Waals surface area contributed by atoms with Crippen LogP contribution in [-0.2, 0) is 6.42 Å². The van der Waals surface area contributed by atoms with E-state index in [9.17, 15) is 4.79 Å². The molecule has 0 amide bonds. The van der Waals surface area contributed by atoms with Crippen LogP contribution in [0.25, 0.3) is 11.3 Å². The zero-order valence-corrected chi connectivity index (χ0v) is 11.4. The number of hydrogen-bond donors (Lipinski definition) is 1. The lowest BCUT2D eigenvalue weighted by Gasteiger charge is -2.10. The van der Waals surface area contributed by atoms with E-state index in [4.69, 9.17) is 4.74 Å². The molecule has 0 aliphatic rings. The van der Waals surface area contributed by atoms with Gasteiger partial charge in [-0.2, -0.15) is 0 Å². The molecule has 0 unspecified atom stereocenters. The van der Waals surface area contributed by atoms with Gasteiger partial charge in [-0.15, -0.1) is 0 Å². The van der Waals surface area contributed by atoms with Gasteiger partial charge in [-0.25, -0.2) is 4.98 Å². The van der Waals surface area contributed by atoms with Crippen LogP contribution in [0.15, 0.2) is 35.1 Å². The van der Waals surface area contributed by atoms with Gasteiger partial charge < -0.3 is 9.72 Å². The van der Waals surface area contributed by atoms with E-state index in [-0.39, 0.29) is 11.7 Å². The van der Waals surface area contributed by atoms with Crippen LogP contribution in [0.1, 0.15) is 26.6 Å². The fourth-order valence-electron chi connectivity index (χ4n) is 1.80. The van der Waals surface area contributed by atoms with E-state index in [1.807, 2.05) is 45.0 Å². The maximum atomic E-state index is 11.5. The largest absolute Gasteiger partial charge is 0.491 e. The summed E-state index contributed by atoms with van der Waals surface area (Å²) < 4.78 is 5.59. The van der Waals surface area contributed by atoms with Gasteiger partial charge in [0.25, 0.3) is 5.56 Å². The van der Waals surface area contributed by atoms with Crippen LogP contribution in [0, 0.1) is 0 Å². The Labute approximate surface area is 112 Å². The molecule has 4 nitrogen and oxygen atoms in total. The van der Waals surface area contributed by atoms with Crippen molar-refractivity contribution in [1.82, 2.24) is 9.97 Å². The summed E-state index contributed by atoms with van der Waals surface area (Å²) in [6, 6.07) is 9.13. The van der Waals surface area contributed by atoms with Gasteiger partial charge in [0, 0.05) is 18.1 Å². The number of hydrogen-bond acceptors (Lipinski definition) is 3. The Morgan fingerprint density at radius 3 is 2.53 bits per heavy atom. The molecule has 0 atom stereocenters. The van der Waals surface area contributed by atoms with E-state index in [1.54, 1.807) is 0 Å². The van der Waals surface area contributed by atoms with Gasteiger partial charge in [-0.1, -0.05) is 6.92 Å². The number of aryl methyl sites for hydroxylation is 1. The third kappa shape index (κ3) is 3.44. The maximum Gasteiger partial charge on any atom is 0.251 e. The van der Waals surface area contributed by atoms with E-state index in [2.05, 4.69) is 9.97 Å². The summed E-state index contributed by atoms with van der Waals surface area (Å²) in [6.07, 6.45) is 0.854. The number of nitrogens with one attached hydrogen (secondary N) is 1. The number of benzene rings is 1. The van der Waals surface area contributed by atoms with E-state index in [0.717, 1.165) is 11.3 Å². The molecule has 0 aliphatic carbocycles. The Hall–Kier alpha value is -2.10. The molecule has 1 heterocycles. The Balaban J connectivity index is 2.31. The molecule has 2 rings (SSSR count). The number of aromatic nitrogens is 2. The highest BCUT2D eigenvalue weighted by Gasteiger charge is 2.04. The lowest BCUT2D eigenvalue weighted by atomic mass is 10.1. The predicted molar refractivity (Wildman–Crippen MR) is 75.4 cm³/mol. The minimum Gasteiger partial charge on any atom is -0.491 e. The summed E-state index contributed by atoms with van der Waals surface area (Å²) in [7, 11) is 0. The number of aromatic amines is 1. The van der Waals surface area contributed by atoms with Crippen LogP contribution >= 0.6 is 0 Å². The molecule has 0 saturated heterocycles. The molecule has 0 radical (unpaired) electrons. The van der Waals surface area contributed by atoms with Crippen molar-refractivity contribution in [3.05, 3.63) is 46.5 Å². The summed E-state index contributed by atoms with van der Waals surface area (Å²) in [5.74, 6) is 1.52. The SMILES string of the molecule is CCc1nc(-c2ccc(OC(C)C)cc2)cc(=O)[nH]1. The number of rotatable bonds is 4. The van der Waals surface area contributed by atoms with Crippen molar-refractivity contribution in [2.45, 2.75) is 33.3 Å². The predicted octanol–water partition coefficient (Wildman–Crippen LogP) is 2.79. The number of nitrogens with zero attached hydrogens (tertiary/aromatic N) is 1. The standard InChI is InChI=1S/C15H18N2O2/c1-4-14-16-13(9-15(18)17-14)11-5-7-12(8-6-11)19-10(2)3/h5-10H,4H2,1-3H3,(H,16,17,18). The van der Waals surface area contributed by atoms with Gasteiger partial charge in [0.15, 0.2) is 0 Å². The Bertz CT molecular complexity index is 600. The van der Waals surface area contributed by atoms with Crippen molar-refractivity contribution in [2.75, 3.05) is 0 Å². The van der Waals surface area contributed by atoms with Crippen molar-refractivity contribution >= 4 is 0 Å². The maximum absolute atomic E-state index is 11.5. The topological polar surface area (TPSA) is 55.0 Å². The molecular weight excluding hydrogens is 240 g/mol.